The molecule has 4 nitrogen and oxygen atoms in total. The molecule has 20 heavy (non-hydrogen) atoms. The minimum Gasteiger partial charge on any atom is -0.351 e. The zero-order chi connectivity index (χ0) is 14.9. The van der Waals surface area contributed by atoms with Crippen molar-refractivity contribution in [2.75, 3.05) is 12.3 Å². The van der Waals surface area contributed by atoms with Gasteiger partial charge in [0, 0.05) is 24.9 Å². The van der Waals surface area contributed by atoms with Crippen molar-refractivity contribution in [1.29, 1.82) is 0 Å². The summed E-state index contributed by atoms with van der Waals surface area (Å²) in [5, 5.41) is 2.59. The third-order valence-electron chi connectivity index (χ3n) is 2.79. The highest BCUT2D eigenvalue weighted by molar-refractivity contribution is 7.80. The van der Waals surface area contributed by atoms with Crippen LogP contribution in [-0.2, 0) is 13.2 Å². The lowest BCUT2D eigenvalue weighted by Crippen LogP contribution is -2.25. The van der Waals surface area contributed by atoms with Gasteiger partial charge in [0.1, 0.15) is 0 Å². The first kappa shape index (κ1) is 14.7. The highest BCUT2D eigenvalue weighted by atomic mass is 32.1. The monoisotopic (exact) mass is 303 g/mol. The number of nitrogens with one attached hydrogen (secondary N) is 1. The Labute approximate surface area is 118 Å². The van der Waals surface area contributed by atoms with E-state index < -0.39 is 12.0 Å². The van der Waals surface area contributed by atoms with Crippen molar-refractivity contribution in [3.8, 4) is 0 Å². The zero-order valence-electron chi connectivity index (χ0n) is 10.5. The van der Waals surface area contributed by atoms with Crippen LogP contribution < -0.4 is 5.32 Å². The van der Waals surface area contributed by atoms with Crippen LogP contribution in [0.5, 0.6) is 0 Å². The first-order valence-electron chi connectivity index (χ1n) is 5.77. The molecule has 8 heteroatoms. The van der Waals surface area contributed by atoms with Crippen LogP contribution in [0.15, 0.2) is 18.2 Å². The van der Waals surface area contributed by atoms with E-state index in [0.29, 0.717) is 17.8 Å². The van der Waals surface area contributed by atoms with Crippen LogP contribution in [0.25, 0.3) is 11.0 Å². The standard InChI is InChI=1S/C12H12F3N3OS/c1-18-9-3-2-7(10(19)16-4-5-20)6-8(9)17-11(18)12(13,14)15/h2-3,6,20H,4-5H2,1H3,(H,16,19). The van der Waals surface area contributed by atoms with Crippen LogP contribution >= 0.6 is 12.6 Å². The Balaban J connectivity index is 2.43. The van der Waals surface area contributed by atoms with Crippen LogP contribution in [0.4, 0.5) is 13.2 Å². The summed E-state index contributed by atoms with van der Waals surface area (Å²) in [6.07, 6.45) is -4.53. The number of carbonyl (C=O) groups is 1. The number of benzene rings is 1. The lowest BCUT2D eigenvalue weighted by atomic mass is 10.2. The van der Waals surface area contributed by atoms with Gasteiger partial charge in [-0.15, -0.1) is 0 Å². The molecule has 1 N–H and O–H groups in total. The van der Waals surface area contributed by atoms with Gasteiger partial charge in [-0.05, 0) is 18.2 Å². The molecule has 0 aliphatic heterocycles. The number of rotatable bonds is 3. The molecule has 1 amide bonds. The molecule has 0 unspecified atom stereocenters. The normalized spacial score (nSPS) is 11.8. The third-order valence-corrected chi connectivity index (χ3v) is 3.02. The summed E-state index contributed by atoms with van der Waals surface area (Å²) in [4.78, 5) is 15.3. The molecular formula is C12H12F3N3OS. The Morgan fingerprint density at radius 2 is 2.15 bits per heavy atom. The minimum absolute atomic E-state index is 0.137. The van der Waals surface area contributed by atoms with E-state index >= 15 is 0 Å². The van der Waals surface area contributed by atoms with Crippen LogP contribution in [-0.4, -0.2) is 27.8 Å². The van der Waals surface area contributed by atoms with E-state index in [1.54, 1.807) is 0 Å². The zero-order valence-corrected chi connectivity index (χ0v) is 11.4. The molecule has 0 atom stereocenters. The van der Waals surface area contributed by atoms with Crippen LogP contribution in [0, 0.1) is 0 Å². The van der Waals surface area contributed by atoms with E-state index in [2.05, 4.69) is 22.9 Å². The molecule has 108 valence electrons. The number of aromatic nitrogens is 2. The summed E-state index contributed by atoms with van der Waals surface area (Å²) in [6.45, 7) is 0.385. The number of fused-ring (bicyclic) bond motifs is 1. The first-order valence-corrected chi connectivity index (χ1v) is 6.40. The van der Waals surface area contributed by atoms with Gasteiger partial charge in [-0.2, -0.15) is 25.8 Å². The van der Waals surface area contributed by atoms with Crippen molar-refractivity contribution in [1.82, 2.24) is 14.9 Å². The number of hydrogen-bond acceptors (Lipinski definition) is 3. The number of amides is 1. The number of alkyl halides is 3. The van der Waals surface area contributed by atoms with Crippen LogP contribution in [0.3, 0.4) is 0 Å². The van der Waals surface area contributed by atoms with Gasteiger partial charge in [-0.1, -0.05) is 0 Å². The SMILES string of the molecule is Cn1c(C(F)(F)F)nc2cc(C(=O)NCCS)ccc21. The van der Waals surface area contributed by atoms with E-state index in [1.807, 2.05) is 0 Å². The third kappa shape index (κ3) is 2.74. The topological polar surface area (TPSA) is 46.9 Å². The van der Waals surface area contributed by atoms with Gasteiger partial charge in [-0.25, -0.2) is 4.98 Å². The van der Waals surface area contributed by atoms with E-state index in [9.17, 15) is 18.0 Å². The predicted molar refractivity (Wildman–Crippen MR) is 71.9 cm³/mol. The number of hydrogen-bond donors (Lipinski definition) is 2. The lowest BCUT2D eigenvalue weighted by Gasteiger charge is -2.05. The molecule has 1 heterocycles. The molecule has 0 spiro atoms. The average molecular weight is 303 g/mol. The molecule has 1 aromatic carbocycles. The predicted octanol–water partition coefficient (Wildman–Crippen LogP) is 2.25. The van der Waals surface area contributed by atoms with Gasteiger partial charge in [0.15, 0.2) is 0 Å². The molecule has 0 fully saturated rings. The number of halogens is 3. The number of carbonyl (C=O) groups excluding carboxylic acids is 1. The summed E-state index contributed by atoms with van der Waals surface area (Å²) >= 11 is 3.96. The molecule has 0 saturated carbocycles. The largest absolute Gasteiger partial charge is 0.449 e. The summed E-state index contributed by atoms with van der Waals surface area (Å²) in [5.74, 6) is -0.865. The lowest BCUT2D eigenvalue weighted by molar-refractivity contribution is -0.146. The molecule has 0 aliphatic carbocycles. The Kier molecular flexibility index (Phi) is 3.94. The number of imidazole rings is 1. The van der Waals surface area contributed by atoms with E-state index in [-0.39, 0.29) is 17.0 Å². The Hall–Kier alpha value is -1.70. The van der Waals surface area contributed by atoms with Crippen LogP contribution in [0.1, 0.15) is 16.2 Å². The fourth-order valence-electron chi connectivity index (χ4n) is 1.87. The van der Waals surface area contributed by atoms with Gasteiger partial charge in [0.05, 0.1) is 11.0 Å². The van der Waals surface area contributed by atoms with E-state index in [0.717, 1.165) is 4.57 Å². The van der Waals surface area contributed by atoms with Crippen molar-refractivity contribution in [3.63, 3.8) is 0 Å². The minimum atomic E-state index is -4.53. The van der Waals surface area contributed by atoms with Crippen molar-refractivity contribution >= 4 is 29.6 Å². The quantitative estimate of drug-likeness (QED) is 0.854. The van der Waals surface area contributed by atoms with E-state index in [1.165, 1.54) is 25.2 Å². The Morgan fingerprint density at radius 3 is 2.75 bits per heavy atom. The average Bonchev–Trinajstić information content (AvgIpc) is 2.73. The molecule has 0 radical (unpaired) electrons. The van der Waals surface area contributed by atoms with Gasteiger partial charge in [0.25, 0.3) is 5.91 Å². The first-order chi connectivity index (χ1) is 9.34. The molecular weight excluding hydrogens is 291 g/mol. The summed E-state index contributed by atoms with van der Waals surface area (Å²) in [6, 6.07) is 4.27. The number of nitrogens with zero attached hydrogens (tertiary/aromatic N) is 2. The van der Waals surface area contributed by atoms with Crippen molar-refractivity contribution in [2.45, 2.75) is 6.18 Å². The molecule has 0 aliphatic rings. The van der Waals surface area contributed by atoms with Gasteiger partial charge in [-0.3, -0.25) is 4.79 Å². The molecule has 0 saturated heterocycles. The van der Waals surface area contributed by atoms with Crippen LogP contribution in [0.2, 0.25) is 0 Å². The summed E-state index contributed by atoms with van der Waals surface area (Å²) in [7, 11) is 1.29. The van der Waals surface area contributed by atoms with Crippen molar-refractivity contribution in [3.05, 3.63) is 29.6 Å². The summed E-state index contributed by atoms with van der Waals surface area (Å²) in [5.41, 5.74) is 0.729. The molecule has 0 bridgehead atoms. The molecule has 2 rings (SSSR count). The Morgan fingerprint density at radius 1 is 1.45 bits per heavy atom. The maximum Gasteiger partial charge on any atom is 0.449 e. The Bertz CT molecular complexity index is 651. The van der Waals surface area contributed by atoms with Gasteiger partial charge < -0.3 is 9.88 Å². The fourth-order valence-corrected chi connectivity index (χ4v) is 1.98. The second-order valence-corrected chi connectivity index (χ2v) is 4.62. The number of aryl methyl sites for hydroxylation is 1. The second-order valence-electron chi connectivity index (χ2n) is 4.18. The van der Waals surface area contributed by atoms with Crippen molar-refractivity contribution < 1.29 is 18.0 Å². The maximum absolute atomic E-state index is 12.7. The highest BCUT2D eigenvalue weighted by Gasteiger charge is 2.36. The van der Waals surface area contributed by atoms with E-state index in [4.69, 9.17) is 0 Å². The van der Waals surface area contributed by atoms with Gasteiger partial charge >= 0.3 is 6.18 Å². The van der Waals surface area contributed by atoms with Gasteiger partial charge in [0.2, 0.25) is 5.82 Å². The van der Waals surface area contributed by atoms with Crippen molar-refractivity contribution in [2.24, 2.45) is 7.05 Å². The number of thiol groups is 1. The molecule has 2 aromatic rings. The highest BCUT2D eigenvalue weighted by Crippen LogP contribution is 2.30. The molecule has 1 aromatic heterocycles. The second kappa shape index (κ2) is 5.35. The fraction of sp³-hybridized carbons (Fsp3) is 0.333. The maximum atomic E-state index is 12.7. The smallest absolute Gasteiger partial charge is 0.351 e. The summed E-state index contributed by atoms with van der Waals surface area (Å²) < 4.78 is 39.2.